The Morgan fingerprint density at radius 2 is 1.55 bits per heavy atom. The number of hydrogen-bond donors (Lipinski definition) is 1. The lowest BCUT2D eigenvalue weighted by Crippen LogP contribution is -2.16. The van der Waals surface area contributed by atoms with E-state index in [0.29, 0.717) is 22.4 Å². The average molecular weight is 385 g/mol. The molecule has 4 rings (SSSR count). The molecule has 3 aromatic carbocycles. The first-order valence-electron chi connectivity index (χ1n) is 9.17. The van der Waals surface area contributed by atoms with Crippen molar-refractivity contribution in [1.82, 2.24) is 4.57 Å². The topological polar surface area (TPSA) is 68.5 Å². The maximum absolute atomic E-state index is 12.8. The Morgan fingerprint density at radius 1 is 0.897 bits per heavy atom. The van der Waals surface area contributed by atoms with Gasteiger partial charge < -0.3 is 14.4 Å². The van der Waals surface area contributed by atoms with Crippen LogP contribution in [-0.4, -0.2) is 28.5 Å². The van der Waals surface area contributed by atoms with Gasteiger partial charge in [0.15, 0.2) is 5.78 Å². The highest BCUT2D eigenvalue weighted by Gasteiger charge is 2.24. The van der Waals surface area contributed by atoms with Gasteiger partial charge in [0.05, 0.1) is 13.7 Å². The zero-order valence-corrected chi connectivity index (χ0v) is 15.8. The third-order valence-electron chi connectivity index (χ3n) is 4.95. The SMILES string of the molecule is COc1ccc(-c2c(C(=O)O)n(CC(=O)c3ccccc3)c3ccccc23)cc1. The average Bonchev–Trinajstić information content (AvgIpc) is 3.09. The molecule has 0 unspecified atom stereocenters. The molecule has 1 heterocycles. The lowest BCUT2D eigenvalue weighted by molar-refractivity contribution is 0.0686. The van der Waals surface area contributed by atoms with Gasteiger partial charge in [0.1, 0.15) is 11.4 Å². The molecule has 0 saturated carbocycles. The fraction of sp³-hybridized carbons (Fsp3) is 0.0833. The Labute approximate surface area is 167 Å². The number of rotatable bonds is 6. The largest absolute Gasteiger partial charge is 0.497 e. The normalized spacial score (nSPS) is 10.8. The maximum atomic E-state index is 12.8. The molecule has 0 amide bonds. The third-order valence-corrected chi connectivity index (χ3v) is 4.95. The molecular weight excluding hydrogens is 366 g/mol. The Kier molecular flexibility index (Phi) is 4.87. The van der Waals surface area contributed by atoms with Crippen LogP contribution in [0, 0.1) is 0 Å². The number of aromatic carboxylic acids is 1. The number of nitrogens with zero attached hydrogens (tertiary/aromatic N) is 1. The number of benzene rings is 3. The van der Waals surface area contributed by atoms with Gasteiger partial charge in [-0.1, -0.05) is 60.7 Å². The van der Waals surface area contributed by atoms with Crippen molar-refractivity contribution in [3.8, 4) is 16.9 Å². The van der Waals surface area contributed by atoms with Crippen LogP contribution in [0.5, 0.6) is 5.75 Å². The number of aromatic nitrogens is 1. The van der Waals surface area contributed by atoms with Crippen molar-refractivity contribution in [2.45, 2.75) is 6.54 Å². The molecule has 0 bridgehead atoms. The van der Waals surface area contributed by atoms with Gasteiger partial charge in [0.2, 0.25) is 0 Å². The summed E-state index contributed by atoms with van der Waals surface area (Å²) in [6, 6.07) is 23.6. The predicted molar refractivity (Wildman–Crippen MR) is 112 cm³/mol. The number of carbonyl (C=O) groups excluding carboxylic acids is 1. The van der Waals surface area contributed by atoms with Crippen LogP contribution >= 0.6 is 0 Å². The first-order chi connectivity index (χ1) is 14.1. The number of ketones is 1. The molecule has 5 heteroatoms. The number of carboxylic acid groups (broad SMARTS) is 1. The van der Waals surface area contributed by atoms with Crippen molar-refractivity contribution < 1.29 is 19.4 Å². The number of methoxy groups -OCH3 is 1. The summed E-state index contributed by atoms with van der Waals surface area (Å²) in [6.45, 7) is -0.0533. The third kappa shape index (κ3) is 3.38. The molecule has 0 aliphatic heterocycles. The van der Waals surface area contributed by atoms with E-state index in [1.54, 1.807) is 48.1 Å². The molecule has 0 radical (unpaired) electrons. The van der Waals surface area contributed by atoms with E-state index in [1.807, 2.05) is 42.5 Å². The number of hydrogen-bond acceptors (Lipinski definition) is 3. The minimum absolute atomic E-state index is 0.0533. The van der Waals surface area contributed by atoms with Crippen molar-refractivity contribution >= 4 is 22.7 Å². The second-order valence-corrected chi connectivity index (χ2v) is 6.65. The lowest BCUT2D eigenvalue weighted by Gasteiger charge is -2.09. The molecule has 0 aliphatic carbocycles. The van der Waals surface area contributed by atoms with Gasteiger partial charge in [-0.2, -0.15) is 0 Å². The number of carbonyl (C=O) groups is 2. The van der Waals surface area contributed by atoms with Gasteiger partial charge in [0.25, 0.3) is 0 Å². The van der Waals surface area contributed by atoms with E-state index in [9.17, 15) is 14.7 Å². The highest BCUT2D eigenvalue weighted by atomic mass is 16.5. The van der Waals surface area contributed by atoms with E-state index < -0.39 is 5.97 Å². The van der Waals surface area contributed by atoms with Crippen LogP contribution < -0.4 is 4.74 Å². The molecule has 0 aliphatic rings. The van der Waals surface area contributed by atoms with Crippen LogP contribution in [0.15, 0.2) is 78.9 Å². The highest BCUT2D eigenvalue weighted by molar-refractivity contribution is 6.09. The molecule has 0 atom stereocenters. The monoisotopic (exact) mass is 385 g/mol. The first-order valence-corrected chi connectivity index (χ1v) is 9.17. The van der Waals surface area contributed by atoms with Gasteiger partial charge in [-0.05, 0) is 23.8 Å². The van der Waals surface area contributed by atoms with E-state index in [2.05, 4.69) is 0 Å². The molecule has 29 heavy (non-hydrogen) atoms. The summed E-state index contributed by atoms with van der Waals surface area (Å²) in [7, 11) is 1.58. The number of ether oxygens (including phenoxy) is 1. The molecule has 1 aromatic heterocycles. The zero-order valence-electron chi connectivity index (χ0n) is 15.8. The van der Waals surface area contributed by atoms with Gasteiger partial charge in [-0.25, -0.2) is 4.79 Å². The fourth-order valence-corrected chi connectivity index (χ4v) is 3.60. The predicted octanol–water partition coefficient (Wildman–Crippen LogP) is 4.90. The summed E-state index contributed by atoms with van der Waals surface area (Å²) in [5.74, 6) is -0.531. The van der Waals surface area contributed by atoms with E-state index >= 15 is 0 Å². The molecule has 0 spiro atoms. The van der Waals surface area contributed by atoms with E-state index in [-0.39, 0.29) is 18.0 Å². The summed E-state index contributed by atoms with van der Waals surface area (Å²) in [4.78, 5) is 25.1. The number of fused-ring (bicyclic) bond motifs is 1. The Hall–Kier alpha value is -3.86. The quantitative estimate of drug-likeness (QED) is 0.480. The summed E-state index contributed by atoms with van der Waals surface area (Å²) >= 11 is 0. The maximum Gasteiger partial charge on any atom is 0.353 e. The lowest BCUT2D eigenvalue weighted by atomic mass is 10.0. The van der Waals surface area contributed by atoms with Crippen molar-refractivity contribution in [1.29, 1.82) is 0 Å². The van der Waals surface area contributed by atoms with Crippen LogP contribution in [0.3, 0.4) is 0 Å². The zero-order chi connectivity index (χ0) is 20.4. The van der Waals surface area contributed by atoms with Crippen LogP contribution in [0.1, 0.15) is 20.8 Å². The van der Waals surface area contributed by atoms with E-state index in [0.717, 1.165) is 10.9 Å². The van der Waals surface area contributed by atoms with Gasteiger partial charge >= 0.3 is 5.97 Å². The smallest absolute Gasteiger partial charge is 0.353 e. The Morgan fingerprint density at radius 3 is 2.21 bits per heavy atom. The molecule has 0 fully saturated rings. The second-order valence-electron chi connectivity index (χ2n) is 6.65. The van der Waals surface area contributed by atoms with Gasteiger partial charge in [-0.3, -0.25) is 4.79 Å². The van der Waals surface area contributed by atoms with Gasteiger partial charge in [0, 0.05) is 22.0 Å². The molecule has 1 N–H and O–H groups in total. The standard InChI is InChI=1S/C24H19NO4/c1-29-18-13-11-17(12-14-18)22-19-9-5-6-10-20(19)25(23(22)24(27)28)15-21(26)16-7-3-2-4-8-16/h2-14H,15H2,1H3,(H,27,28). The molecule has 144 valence electrons. The highest BCUT2D eigenvalue weighted by Crippen LogP contribution is 2.36. The molecular formula is C24H19NO4. The number of carboxylic acids is 1. The Balaban J connectivity index is 1.91. The van der Waals surface area contributed by atoms with E-state index in [4.69, 9.17) is 4.74 Å². The summed E-state index contributed by atoms with van der Waals surface area (Å²) < 4.78 is 6.80. The molecule has 4 aromatic rings. The summed E-state index contributed by atoms with van der Waals surface area (Å²) in [5, 5.41) is 10.8. The molecule has 5 nitrogen and oxygen atoms in total. The Bertz CT molecular complexity index is 1190. The summed E-state index contributed by atoms with van der Waals surface area (Å²) in [5.41, 5.74) is 2.70. The number of para-hydroxylation sites is 1. The van der Waals surface area contributed by atoms with Crippen molar-refractivity contribution in [2.24, 2.45) is 0 Å². The molecule has 0 saturated heterocycles. The van der Waals surface area contributed by atoms with Crippen LogP contribution in [-0.2, 0) is 6.54 Å². The fourth-order valence-electron chi connectivity index (χ4n) is 3.60. The van der Waals surface area contributed by atoms with Crippen LogP contribution in [0.25, 0.3) is 22.0 Å². The second kappa shape index (κ2) is 7.64. The van der Waals surface area contributed by atoms with Crippen LogP contribution in [0.2, 0.25) is 0 Å². The minimum Gasteiger partial charge on any atom is -0.497 e. The van der Waals surface area contributed by atoms with Crippen molar-refractivity contribution in [3.63, 3.8) is 0 Å². The van der Waals surface area contributed by atoms with Gasteiger partial charge in [-0.15, -0.1) is 0 Å². The van der Waals surface area contributed by atoms with Crippen LogP contribution in [0.4, 0.5) is 0 Å². The van der Waals surface area contributed by atoms with Crippen molar-refractivity contribution in [2.75, 3.05) is 7.11 Å². The minimum atomic E-state index is -1.08. The number of Topliss-reactive ketones (excluding diaryl/α,β-unsaturated/α-hetero) is 1. The van der Waals surface area contributed by atoms with Crippen molar-refractivity contribution in [3.05, 3.63) is 90.1 Å². The van der Waals surface area contributed by atoms with E-state index in [1.165, 1.54) is 0 Å². The summed E-state index contributed by atoms with van der Waals surface area (Å²) in [6.07, 6.45) is 0. The first kappa shape index (κ1) is 18.5.